The molecule has 0 bridgehead atoms. The second-order valence-corrected chi connectivity index (χ2v) is 4.76. The van der Waals surface area contributed by atoms with Crippen LogP contribution < -0.4 is 10.1 Å². The molecule has 1 heterocycles. The van der Waals surface area contributed by atoms with Gasteiger partial charge in [-0.25, -0.2) is 0 Å². The molecule has 100 valence electrons. The van der Waals surface area contributed by atoms with Crippen molar-refractivity contribution in [2.75, 3.05) is 20.3 Å². The zero-order valence-electron chi connectivity index (χ0n) is 10.4. The SMILES string of the molecule is COc1ccc(/C=C2/SC(=O)NC2=NCCO)cc1. The number of methoxy groups -OCH3 is 1. The minimum Gasteiger partial charge on any atom is -0.497 e. The summed E-state index contributed by atoms with van der Waals surface area (Å²) in [6, 6.07) is 7.51. The van der Waals surface area contributed by atoms with E-state index in [1.807, 2.05) is 30.3 Å². The van der Waals surface area contributed by atoms with Crippen LogP contribution in [0.15, 0.2) is 34.2 Å². The van der Waals surface area contributed by atoms with Crippen LogP contribution in [-0.4, -0.2) is 36.4 Å². The number of hydrogen-bond donors (Lipinski definition) is 2. The Kier molecular flexibility index (Phi) is 4.59. The third-order valence-electron chi connectivity index (χ3n) is 2.44. The molecule has 1 aliphatic heterocycles. The Balaban J connectivity index is 2.22. The van der Waals surface area contributed by atoms with Crippen molar-refractivity contribution in [1.29, 1.82) is 0 Å². The van der Waals surface area contributed by atoms with Gasteiger partial charge in [-0.05, 0) is 35.5 Å². The summed E-state index contributed by atoms with van der Waals surface area (Å²) in [7, 11) is 1.61. The van der Waals surface area contributed by atoms with Gasteiger partial charge in [-0.2, -0.15) is 0 Å². The Morgan fingerprint density at radius 1 is 1.42 bits per heavy atom. The molecule has 0 aromatic heterocycles. The summed E-state index contributed by atoms with van der Waals surface area (Å²) in [5.41, 5.74) is 0.955. The Morgan fingerprint density at radius 3 is 2.79 bits per heavy atom. The first-order chi connectivity index (χ1) is 9.22. The van der Waals surface area contributed by atoms with Gasteiger partial charge in [0.05, 0.1) is 25.2 Å². The quantitative estimate of drug-likeness (QED) is 0.882. The van der Waals surface area contributed by atoms with Crippen LogP contribution in [0.1, 0.15) is 5.56 Å². The highest BCUT2D eigenvalue weighted by molar-refractivity contribution is 8.18. The topological polar surface area (TPSA) is 70.9 Å². The van der Waals surface area contributed by atoms with Crippen LogP contribution >= 0.6 is 11.8 Å². The van der Waals surface area contributed by atoms with Crippen LogP contribution in [0.2, 0.25) is 0 Å². The summed E-state index contributed by atoms with van der Waals surface area (Å²) in [5.74, 6) is 1.30. The summed E-state index contributed by atoms with van der Waals surface area (Å²) in [4.78, 5) is 16.2. The summed E-state index contributed by atoms with van der Waals surface area (Å²) < 4.78 is 5.09. The molecule has 1 aliphatic rings. The molecule has 5 nitrogen and oxygen atoms in total. The average molecular weight is 278 g/mol. The number of thioether (sulfide) groups is 1. The maximum Gasteiger partial charge on any atom is 0.289 e. The molecule has 1 aromatic rings. The number of benzene rings is 1. The highest BCUT2D eigenvalue weighted by Gasteiger charge is 2.22. The Hall–Kier alpha value is -1.79. The zero-order valence-corrected chi connectivity index (χ0v) is 11.2. The molecule has 1 aromatic carbocycles. The number of rotatable bonds is 4. The van der Waals surface area contributed by atoms with E-state index >= 15 is 0 Å². The third kappa shape index (κ3) is 3.59. The number of nitrogens with one attached hydrogen (secondary N) is 1. The van der Waals surface area contributed by atoms with E-state index in [9.17, 15) is 4.79 Å². The molecule has 0 unspecified atom stereocenters. The summed E-state index contributed by atoms with van der Waals surface area (Å²) in [5, 5.41) is 11.3. The molecule has 2 rings (SSSR count). The molecule has 0 atom stereocenters. The number of amidine groups is 1. The molecule has 0 spiro atoms. The maximum absolute atomic E-state index is 11.4. The van der Waals surface area contributed by atoms with E-state index in [4.69, 9.17) is 9.84 Å². The van der Waals surface area contributed by atoms with Gasteiger partial charge in [0.25, 0.3) is 5.24 Å². The first-order valence-electron chi connectivity index (χ1n) is 5.73. The van der Waals surface area contributed by atoms with E-state index < -0.39 is 0 Å². The lowest BCUT2D eigenvalue weighted by molar-refractivity contribution is 0.264. The molecule has 1 saturated heterocycles. The lowest BCUT2D eigenvalue weighted by Crippen LogP contribution is -2.19. The largest absolute Gasteiger partial charge is 0.497 e. The Morgan fingerprint density at radius 2 is 2.16 bits per heavy atom. The molecule has 19 heavy (non-hydrogen) atoms. The Bertz CT molecular complexity index is 523. The fourth-order valence-electron chi connectivity index (χ4n) is 1.56. The fourth-order valence-corrected chi connectivity index (χ4v) is 2.32. The molecule has 6 heteroatoms. The molecule has 0 radical (unpaired) electrons. The molecular weight excluding hydrogens is 264 g/mol. The lowest BCUT2D eigenvalue weighted by atomic mass is 10.2. The van der Waals surface area contributed by atoms with Crippen LogP contribution in [0.3, 0.4) is 0 Å². The molecule has 2 N–H and O–H groups in total. The predicted octanol–water partition coefficient (Wildman–Crippen LogP) is 1.88. The maximum atomic E-state index is 11.4. The summed E-state index contributed by atoms with van der Waals surface area (Å²) >= 11 is 1.10. The van der Waals surface area contributed by atoms with Gasteiger partial charge in [-0.1, -0.05) is 12.1 Å². The van der Waals surface area contributed by atoms with Crippen LogP contribution in [0.25, 0.3) is 6.08 Å². The van der Waals surface area contributed by atoms with Gasteiger partial charge in [-0.3, -0.25) is 9.79 Å². The molecular formula is C13H14N2O3S. The van der Waals surface area contributed by atoms with Crippen molar-refractivity contribution in [3.8, 4) is 5.75 Å². The number of nitrogens with zero attached hydrogens (tertiary/aromatic N) is 1. The van der Waals surface area contributed by atoms with Gasteiger partial charge >= 0.3 is 0 Å². The van der Waals surface area contributed by atoms with Crippen molar-refractivity contribution < 1.29 is 14.6 Å². The smallest absolute Gasteiger partial charge is 0.289 e. The summed E-state index contributed by atoms with van der Waals surface area (Å²) in [6.07, 6.45) is 1.87. The monoisotopic (exact) mass is 278 g/mol. The van der Waals surface area contributed by atoms with Crippen molar-refractivity contribution >= 4 is 28.9 Å². The van der Waals surface area contributed by atoms with E-state index in [0.29, 0.717) is 5.84 Å². The lowest BCUT2D eigenvalue weighted by Gasteiger charge is -2.01. The normalized spacial score (nSPS) is 18.9. The van der Waals surface area contributed by atoms with Crippen molar-refractivity contribution in [2.24, 2.45) is 4.99 Å². The number of aliphatic imine (C=N–C) groups is 1. The molecule has 0 saturated carbocycles. The van der Waals surface area contributed by atoms with Crippen molar-refractivity contribution in [3.05, 3.63) is 34.7 Å². The van der Waals surface area contributed by atoms with Crippen LogP contribution in [0.5, 0.6) is 5.75 Å². The number of hydrogen-bond acceptors (Lipinski definition) is 5. The second-order valence-electron chi connectivity index (χ2n) is 3.75. The number of amides is 1. The molecule has 1 fully saturated rings. The van der Waals surface area contributed by atoms with Crippen LogP contribution in [-0.2, 0) is 0 Å². The van der Waals surface area contributed by atoms with Crippen molar-refractivity contribution in [2.45, 2.75) is 0 Å². The van der Waals surface area contributed by atoms with E-state index in [-0.39, 0.29) is 18.4 Å². The van der Waals surface area contributed by atoms with Gasteiger partial charge in [0.2, 0.25) is 0 Å². The second kappa shape index (κ2) is 6.40. The first-order valence-corrected chi connectivity index (χ1v) is 6.55. The number of carbonyl (C=O) groups excluding carboxylic acids is 1. The molecule has 0 aliphatic carbocycles. The number of aliphatic hydroxyl groups excluding tert-OH is 1. The highest BCUT2D eigenvalue weighted by Crippen LogP contribution is 2.27. The van der Waals surface area contributed by atoms with Crippen molar-refractivity contribution in [1.82, 2.24) is 5.32 Å². The van der Waals surface area contributed by atoms with E-state index in [2.05, 4.69) is 10.3 Å². The fraction of sp³-hybridized carbons (Fsp3) is 0.231. The minimum absolute atomic E-state index is 0.0418. The van der Waals surface area contributed by atoms with Gasteiger partial charge in [0, 0.05) is 0 Å². The average Bonchev–Trinajstić information content (AvgIpc) is 2.77. The van der Waals surface area contributed by atoms with Crippen LogP contribution in [0.4, 0.5) is 4.79 Å². The standard InChI is InChI=1S/C13H14N2O3S/c1-18-10-4-2-9(3-5-10)8-11-12(14-6-7-16)15-13(17)19-11/h2-5,8,16H,6-7H2,1H3,(H,14,15,17)/b11-8+. The van der Waals surface area contributed by atoms with Gasteiger partial charge in [0.1, 0.15) is 11.6 Å². The molecule has 1 amide bonds. The van der Waals surface area contributed by atoms with E-state index in [1.165, 1.54) is 0 Å². The summed E-state index contributed by atoms with van der Waals surface area (Å²) in [6.45, 7) is 0.232. The van der Waals surface area contributed by atoms with E-state index in [1.54, 1.807) is 7.11 Å². The predicted molar refractivity (Wildman–Crippen MR) is 76.5 cm³/mol. The van der Waals surface area contributed by atoms with Crippen LogP contribution in [0, 0.1) is 0 Å². The van der Waals surface area contributed by atoms with Gasteiger partial charge in [0.15, 0.2) is 0 Å². The van der Waals surface area contributed by atoms with E-state index in [0.717, 1.165) is 28.0 Å². The Labute approximate surface area is 115 Å². The minimum atomic E-state index is -0.156. The number of aliphatic hydroxyl groups is 1. The zero-order chi connectivity index (χ0) is 13.7. The first kappa shape index (κ1) is 13.6. The third-order valence-corrected chi connectivity index (χ3v) is 3.26. The van der Waals surface area contributed by atoms with Crippen molar-refractivity contribution in [3.63, 3.8) is 0 Å². The van der Waals surface area contributed by atoms with Gasteiger partial charge in [-0.15, -0.1) is 0 Å². The highest BCUT2D eigenvalue weighted by atomic mass is 32.2. The van der Waals surface area contributed by atoms with Gasteiger partial charge < -0.3 is 15.2 Å². The number of carbonyl (C=O) groups is 1. The number of ether oxygens (including phenoxy) is 1.